The fraction of sp³-hybridized carbons (Fsp3) is 0.708. The molecule has 0 radical (unpaired) electrons. The Morgan fingerprint density at radius 3 is 2.65 bits per heavy atom. The van der Waals surface area contributed by atoms with Crippen molar-refractivity contribution in [1.82, 2.24) is 0 Å². The Morgan fingerprint density at radius 1 is 1.04 bits per heavy atom. The minimum atomic E-state index is 0.141. The average Bonchev–Trinajstić information content (AvgIpc) is 2.88. The zero-order valence-electron chi connectivity index (χ0n) is 16.5. The number of fused-ring (bicyclic) bond motifs is 7. The van der Waals surface area contributed by atoms with Gasteiger partial charge in [-0.05, 0) is 97.1 Å². The van der Waals surface area contributed by atoms with Gasteiger partial charge >= 0.3 is 0 Å². The van der Waals surface area contributed by atoms with E-state index in [0.717, 1.165) is 37.5 Å². The van der Waals surface area contributed by atoms with E-state index in [1.165, 1.54) is 42.4 Å². The van der Waals surface area contributed by atoms with Gasteiger partial charge in [-0.1, -0.05) is 19.9 Å². The number of carbonyl (C=O) groups excluding carboxylic acids is 1. The molecule has 3 saturated carbocycles. The van der Waals surface area contributed by atoms with Crippen LogP contribution in [0.25, 0.3) is 0 Å². The molecule has 1 aromatic carbocycles. The number of carbonyl (C=O) groups is 1. The third kappa shape index (κ3) is 2.08. The first-order valence-electron chi connectivity index (χ1n) is 10.7. The first-order valence-corrected chi connectivity index (χ1v) is 10.7. The predicted octanol–water partition coefficient (Wildman–Crippen LogP) is 5.33. The van der Waals surface area contributed by atoms with Crippen LogP contribution in [0.1, 0.15) is 75.5 Å². The van der Waals surface area contributed by atoms with Gasteiger partial charge in [0.05, 0.1) is 0 Å². The Hall–Kier alpha value is -1.31. The Balaban J connectivity index is 1.53. The summed E-state index contributed by atoms with van der Waals surface area (Å²) in [4.78, 5) is 12.0. The molecule has 140 valence electrons. The molecule has 4 aliphatic carbocycles. The van der Waals surface area contributed by atoms with Gasteiger partial charge in [0.1, 0.15) is 11.5 Å². The summed E-state index contributed by atoms with van der Waals surface area (Å²) in [6.45, 7) is 7.03. The van der Waals surface area contributed by atoms with Crippen LogP contribution in [0.4, 0.5) is 0 Å². The highest BCUT2D eigenvalue weighted by atomic mass is 16.3. The standard InChI is InChI=1S/C24H32O2/c1-14-10-15-12-20-18-5-4-16-13-17(25)6-8-23(16,2)19(18)7-9-24(20,3)22(15)21(26)11-14/h10-11,16,18-20,26H,4-9,12-13H2,1-3H3/t16-,18+,19-,20-,23-,24-/m0/s1. The Labute approximate surface area is 157 Å². The normalized spacial score (nSPS) is 44.0. The Morgan fingerprint density at radius 2 is 1.85 bits per heavy atom. The molecular formula is C24H32O2. The molecule has 0 saturated heterocycles. The van der Waals surface area contributed by atoms with Gasteiger partial charge in [-0.25, -0.2) is 0 Å². The number of aromatic hydroxyl groups is 1. The highest BCUT2D eigenvalue weighted by molar-refractivity contribution is 5.79. The number of ketones is 1. The molecule has 0 amide bonds. The molecule has 1 N–H and O–H groups in total. The lowest BCUT2D eigenvalue weighted by molar-refractivity contribution is -0.135. The SMILES string of the molecule is Cc1cc(O)c2c(c1)C[C@H]1[C@@H]3CC[C@H]4CC(=O)CC[C@]4(C)[C@H]3CC[C@]21C. The number of hydrogen-bond acceptors (Lipinski definition) is 2. The summed E-state index contributed by atoms with van der Waals surface area (Å²) in [7, 11) is 0. The minimum Gasteiger partial charge on any atom is -0.508 e. The van der Waals surface area contributed by atoms with Crippen molar-refractivity contribution in [3.63, 3.8) is 0 Å². The van der Waals surface area contributed by atoms with Crippen molar-refractivity contribution in [2.24, 2.45) is 29.1 Å². The predicted molar refractivity (Wildman–Crippen MR) is 103 cm³/mol. The molecular weight excluding hydrogens is 320 g/mol. The quantitative estimate of drug-likeness (QED) is 0.685. The summed E-state index contributed by atoms with van der Waals surface area (Å²) in [6, 6.07) is 4.28. The lowest BCUT2D eigenvalue weighted by atomic mass is 9.45. The van der Waals surface area contributed by atoms with E-state index >= 15 is 0 Å². The smallest absolute Gasteiger partial charge is 0.133 e. The summed E-state index contributed by atoms with van der Waals surface area (Å²) in [5.41, 5.74) is 4.35. The van der Waals surface area contributed by atoms with Crippen molar-refractivity contribution < 1.29 is 9.90 Å². The van der Waals surface area contributed by atoms with Gasteiger partial charge in [-0.15, -0.1) is 0 Å². The van der Waals surface area contributed by atoms with Gasteiger partial charge in [-0.3, -0.25) is 4.79 Å². The van der Waals surface area contributed by atoms with Crippen molar-refractivity contribution in [1.29, 1.82) is 0 Å². The maximum atomic E-state index is 12.0. The summed E-state index contributed by atoms with van der Waals surface area (Å²) in [6.07, 6.45) is 8.87. The molecule has 0 unspecified atom stereocenters. The third-order valence-corrected chi connectivity index (χ3v) is 9.23. The Kier molecular flexibility index (Phi) is 3.47. The van der Waals surface area contributed by atoms with E-state index in [0.29, 0.717) is 28.8 Å². The number of benzene rings is 1. The van der Waals surface area contributed by atoms with E-state index in [2.05, 4.69) is 26.8 Å². The fourth-order valence-corrected chi connectivity index (χ4v) is 7.95. The van der Waals surface area contributed by atoms with Crippen LogP contribution >= 0.6 is 0 Å². The average molecular weight is 353 g/mol. The fourth-order valence-electron chi connectivity index (χ4n) is 7.95. The second kappa shape index (κ2) is 5.36. The highest BCUT2D eigenvalue weighted by Crippen LogP contribution is 2.66. The molecule has 0 aliphatic heterocycles. The van der Waals surface area contributed by atoms with E-state index in [-0.39, 0.29) is 5.41 Å². The molecule has 6 atom stereocenters. The van der Waals surface area contributed by atoms with Gasteiger partial charge in [0.15, 0.2) is 0 Å². The monoisotopic (exact) mass is 352 g/mol. The zero-order valence-corrected chi connectivity index (χ0v) is 16.5. The molecule has 0 spiro atoms. The highest BCUT2D eigenvalue weighted by Gasteiger charge is 2.59. The van der Waals surface area contributed by atoms with E-state index in [1.807, 2.05) is 6.07 Å². The van der Waals surface area contributed by atoms with Crippen molar-refractivity contribution in [3.8, 4) is 5.75 Å². The van der Waals surface area contributed by atoms with Crippen LogP contribution in [0.3, 0.4) is 0 Å². The summed E-state index contributed by atoms with van der Waals surface area (Å²) < 4.78 is 0. The molecule has 2 heteroatoms. The lowest BCUT2D eigenvalue weighted by Gasteiger charge is -2.59. The molecule has 26 heavy (non-hydrogen) atoms. The second-order valence-electron chi connectivity index (χ2n) is 10.4. The molecule has 4 aliphatic rings. The van der Waals surface area contributed by atoms with Crippen LogP contribution in [0.5, 0.6) is 5.75 Å². The third-order valence-electron chi connectivity index (χ3n) is 9.23. The molecule has 0 aromatic heterocycles. The van der Waals surface area contributed by atoms with Gasteiger partial charge in [0.25, 0.3) is 0 Å². The minimum absolute atomic E-state index is 0.141. The summed E-state index contributed by atoms with van der Waals surface area (Å²) in [5, 5.41) is 10.7. The van der Waals surface area contributed by atoms with E-state index in [4.69, 9.17) is 0 Å². The molecule has 1 aromatic rings. The topological polar surface area (TPSA) is 37.3 Å². The maximum Gasteiger partial charge on any atom is 0.133 e. The van der Waals surface area contributed by atoms with E-state index < -0.39 is 0 Å². The largest absolute Gasteiger partial charge is 0.508 e. The maximum absolute atomic E-state index is 12.0. The van der Waals surface area contributed by atoms with Gasteiger partial charge < -0.3 is 5.11 Å². The van der Waals surface area contributed by atoms with Gasteiger partial charge in [0, 0.05) is 18.4 Å². The van der Waals surface area contributed by atoms with Gasteiger partial charge in [-0.2, -0.15) is 0 Å². The first kappa shape index (κ1) is 16.8. The van der Waals surface area contributed by atoms with Crippen LogP contribution in [-0.2, 0) is 16.6 Å². The zero-order chi connectivity index (χ0) is 18.3. The lowest BCUT2D eigenvalue weighted by Crippen LogP contribution is -2.54. The molecule has 0 heterocycles. The van der Waals surface area contributed by atoms with Crippen molar-refractivity contribution >= 4 is 5.78 Å². The summed E-state index contributed by atoms with van der Waals surface area (Å²) in [5.74, 6) is 3.85. The number of phenols is 1. The number of phenolic OH excluding ortho intramolecular Hbond substituents is 1. The van der Waals surface area contributed by atoms with Crippen molar-refractivity contribution in [3.05, 3.63) is 28.8 Å². The number of rotatable bonds is 0. The molecule has 0 bridgehead atoms. The van der Waals surface area contributed by atoms with E-state index in [9.17, 15) is 9.90 Å². The van der Waals surface area contributed by atoms with Crippen molar-refractivity contribution in [2.45, 2.75) is 77.6 Å². The van der Waals surface area contributed by atoms with Crippen LogP contribution in [0.15, 0.2) is 12.1 Å². The molecule has 2 nitrogen and oxygen atoms in total. The molecule has 5 rings (SSSR count). The first-order chi connectivity index (χ1) is 12.3. The number of aryl methyl sites for hydroxylation is 1. The Bertz CT molecular complexity index is 781. The second-order valence-corrected chi connectivity index (χ2v) is 10.4. The van der Waals surface area contributed by atoms with Crippen LogP contribution in [0, 0.1) is 36.0 Å². The number of hydrogen-bond donors (Lipinski definition) is 1. The van der Waals surface area contributed by atoms with E-state index in [1.54, 1.807) is 0 Å². The van der Waals surface area contributed by atoms with Crippen LogP contribution in [0.2, 0.25) is 0 Å². The number of Topliss-reactive ketones (excluding diaryl/α,β-unsaturated/α-hetero) is 1. The molecule has 3 fully saturated rings. The van der Waals surface area contributed by atoms with Crippen LogP contribution in [-0.4, -0.2) is 10.9 Å². The summed E-state index contributed by atoms with van der Waals surface area (Å²) >= 11 is 0. The van der Waals surface area contributed by atoms with Crippen LogP contribution < -0.4 is 0 Å². The van der Waals surface area contributed by atoms with Crippen molar-refractivity contribution in [2.75, 3.05) is 0 Å². The van der Waals surface area contributed by atoms with Gasteiger partial charge in [0.2, 0.25) is 0 Å².